The van der Waals surface area contributed by atoms with E-state index in [0.29, 0.717) is 42.2 Å². The predicted octanol–water partition coefficient (Wildman–Crippen LogP) is 7.31. The Bertz CT molecular complexity index is 1160. The fraction of sp³-hybridized carbons (Fsp3) is 0.406. The van der Waals surface area contributed by atoms with Crippen molar-refractivity contribution in [3.63, 3.8) is 0 Å². The monoisotopic (exact) mass is 538 g/mol. The van der Waals surface area contributed by atoms with E-state index in [-0.39, 0.29) is 5.78 Å². The van der Waals surface area contributed by atoms with Crippen LogP contribution in [0.5, 0.6) is 5.75 Å². The van der Waals surface area contributed by atoms with Crippen LogP contribution < -0.4 is 10.1 Å². The number of nitrogens with one attached hydrogen (secondary N) is 1. The largest absolute Gasteiger partial charge is 0.486 e. The Kier molecular flexibility index (Phi) is 10.2. The summed E-state index contributed by atoms with van der Waals surface area (Å²) in [4.78, 5) is 15.3. The van der Waals surface area contributed by atoms with Crippen molar-refractivity contribution in [2.75, 3.05) is 26.7 Å². The molecule has 1 heterocycles. The number of rotatable bonds is 12. The number of benzene rings is 3. The van der Waals surface area contributed by atoms with Gasteiger partial charge in [-0.15, -0.1) is 0 Å². The summed E-state index contributed by atoms with van der Waals surface area (Å²) in [5, 5.41) is 3.06. The Labute approximate surface area is 229 Å². The second-order valence-electron chi connectivity index (χ2n) is 10.3. The lowest BCUT2D eigenvalue weighted by Gasteiger charge is -2.32. The van der Waals surface area contributed by atoms with Crippen LogP contribution >= 0.6 is 0 Å². The fourth-order valence-corrected chi connectivity index (χ4v) is 5.09. The van der Waals surface area contributed by atoms with Crippen molar-refractivity contribution in [1.82, 2.24) is 10.2 Å². The SMILES string of the molecule is CNCCC(Oc1ccc(C(=O)CCC2CCN(Cc3ccccc3)CC2)cc1)c1ccc(C(F)(F)F)cc1. The summed E-state index contributed by atoms with van der Waals surface area (Å²) in [6.45, 7) is 3.75. The zero-order valence-electron chi connectivity index (χ0n) is 22.4. The Balaban J connectivity index is 1.26. The smallest absolute Gasteiger partial charge is 0.416 e. The standard InChI is InChI=1S/C32H37F3N2O2/c1-36-20-17-31(27-8-12-28(13-9-27)32(33,34)35)39-29-14-10-26(11-15-29)30(38)16-7-24-18-21-37(22-19-24)23-25-5-3-2-4-6-25/h2-6,8-15,24,31,36H,7,16-23H2,1H3. The van der Waals surface area contributed by atoms with Crippen molar-refractivity contribution in [3.05, 3.63) is 101 Å². The molecule has 4 rings (SSSR count). The van der Waals surface area contributed by atoms with E-state index in [2.05, 4.69) is 34.5 Å². The first-order chi connectivity index (χ1) is 18.8. The number of carbonyl (C=O) groups excluding carboxylic acids is 1. The van der Waals surface area contributed by atoms with Gasteiger partial charge in [-0.05, 0) is 99.4 Å². The molecule has 0 radical (unpaired) electrons. The minimum atomic E-state index is -4.37. The maximum Gasteiger partial charge on any atom is 0.416 e. The summed E-state index contributed by atoms with van der Waals surface area (Å²) in [7, 11) is 1.82. The van der Waals surface area contributed by atoms with Gasteiger partial charge in [-0.3, -0.25) is 9.69 Å². The van der Waals surface area contributed by atoms with Crippen molar-refractivity contribution in [3.8, 4) is 5.75 Å². The third-order valence-corrected chi connectivity index (χ3v) is 7.46. The molecule has 0 aliphatic carbocycles. The van der Waals surface area contributed by atoms with E-state index in [0.717, 1.165) is 51.0 Å². The van der Waals surface area contributed by atoms with Crippen molar-refractivity contribution in [2.45, 2.75) is 50.9 Å². The quantitative estimate of drug-likeness (QED) is 0.246. The van der Waals surface area contributed by atoms with E-state index in [4.69, 9.17) is 4.74 Å². The number of ether oxygens (including phenoxy) is 1. The van der Waals surface area contributed by atoms with Crippen LogP contribution in [0.1, 0.15) is 65.3 Å². The van der Waals surface area contributed by atoms with Gasteiger partial charge in [0.05, 0.1) is 5.56 Å². The molecule has 1 N–H and O–H groups in total. The predicted molar refractivity (Wildman–Crippen MR) is 148 cm³/mol. The Morgan fingerprint density at radius 1 is 0.974 bits per heavy atom. The van der Waals surface area contributed by atoms with Crippen molar-refractivity contribution < 1.29 is 22.7 Å². The Hall–Kier alpha value is -3.16. The number of likely N-dealkylation sites (tertiary alicyclic amines) is 1. The molecule has 1 aliphatic rings. The zero-order valence-corrected chi connectivity index (χ0v) is 22.4. The molecule has 1 fully saturated rings. The second-order valence-corrected chi connectivity index (χ2v) is 10.3. The maximum atomic E-state index is 13.0. The van der Waals surface area contributed by atoms with Crippen LogP contribution in [0.4, 0.5) is 13.2 Å². The highest BCUT2D eigenvalue weighted by molar-refractivity contribution is 5.96. The molecule has 0 bridgehead atoms. The minimum Gasteiger partial charge on any atom is -0.486 e. The number of alkyl halides is 3. The normalized spacial score (nSPS) is 15.7. The molecular formula is C32H37F3N2O2. The van der Waals surface area contributed by atoms with Gasteiger partial charge in [-0.2, -0.15) is 13.2 Å². The first-order valence-electron chi connectivity index (χ1n) is 13.7. The third kappa shape index (κ3) is 8.67. The van der Waals surface area contributed by atoms with E-state index in [9.17, 15) is 18.0 Å². The minimum absolute atomic E-state index is 0.128. The number of piperidine rings is 1. The molecule has 3 aromatic carbocycles. The Morgan fingerprint density at radius 2 is 1.64 bits per heavy atom. The van der Waals surface area contributed by atoms with Gasteiger partial charge >= 0.3 is 6.18 Å². The topological polar surface area (TPSA) is 41.6 Å². The molecule has 0 amide bonds. The van der Waals surface area contributed by atoms with Crippen LogP contribution in [0.2, 0.25) is 0 Å². The molecule has 4 nitrogen and oxygen atoms in total. The van der Waals surface area contributed by atoms with E-state index >= 15 is 0 Å². The average molecular weight is 539 g/mol. The summed E-state index contributed by atoms with van der Waals surface area (Å²) < 4.78 is 45.0. The highest BCUT2D eigenvalue weighted by Crippen LogP contribution is 2.32. The summed E-state index contributed by atoms with van der Waals surface area (Å²) in [5.41, 5.74) is 1.99. The van der Waals surface area contributed by atoms with Crippen molar-refractivity contribution in [1.29, 1.82) is 0 Å². The average Bonchev–Trinajstić information content (AvgIpc) is 2.95. The summed E-state index contributed by atoms with van der Waals surface area (Å²) in [6, 6.07) is 22.7. The number of ketones is 1. The molecular weight excluding hydrogens is 501 g/mol. The van der Waals surface area contributed by atoms with Gasteiger partial charge in [0, 0.05) is 24.9 Å². The van der Waals surface area contributed by atoms with Gasteiger partial charge in [-0.1, -0.05) is 42.5 Å². The van der Waals surface area contributed by atoms with Crippen molar-refractivity contribution >= 4 is 5.78 Å². The van der Waals surface area contributed by atoms with Crippen LogP contribution in [0.25, 0.3) is 0 Å². The number of carbonyl (C=O) groups is 1. The van der Waals surface area contributed by atoms with E-state index in [1.165, 1.54) is 17.7 Å². The van der Waals surface area contributed by atoms with Gasteiger partial charge in [0.25, 0.3) is 0 Å². The van der Waals surface area contributed by atoms with Crippen LogP contribution in [-0.4, -0.2) is 37.4 Å². The lowest BCUT2D eigenvalue weighted by atomic mass is 9.90. The molecule has 1 aliphatic heterocycles. The molecule has 1 unspecified atom stereocenters. The van der Waals surface area contributed by atoms with Gasteiger partial charge in [0.15, 0.2) is 5.78 Å². The fourth-order valence-electron chi connectivity index (χ4n) is 5.09. The highest BCUT2D eigenvalue weighted by atomic mass is 19.4. The molecule has 7 heteroatoms. The zero-order chi connectivity index (χ0) is 27.7. The number of Topliss-reactive ketones (excluding diaryl/α,β-unsaturated/α-hetero) is 1. The van der Waals surface area contributed by atoms with E-state index in [1.807, 2.05) is 13.1 Å². The van der Waals surface area contributed by atoms with Gasteiger partial charge in [0.2, 0.25) is 0 Å². The summed E-state index contributed by atoms with van der Waals surface area (Å²) in [5.74, 6) is 1.28. The number of hydrogen-bond acceptors (Lipinski definition) is 4. The van der Waals surface area contributed by atoms with E-state index in [1.54, 1.807) is 24.3 Å². The number of hydrogen-bond donors (Lipinski definition) is 1. The lowest BCUT2D eigenvalue weighted by molar-refractivity contribution is -0.137. The van der Waals surface area contributed by atoms with Gasteiger partial charge in [0.1, 0.15) is 11.9 Å². The second kappa shape index (κ2) is 13.8. The van der Waals surface area contributed by atoms with Crippen LogP contribution in [0, 0.1) is 5.92 Å². The first-order valence-corrected chi connectivity index (χ1v) is 13.7. The van der Waals surface area contributed by atoms with Gasteiger partial charge in [-0.25, -0.2) is 0 Å². The van der Waals surface area contributed by atoms with Crippen LogP contribution in [0.3, 0.4) is 0 Å². The molecule has 0 saturated carbocycles. The van der Waals surface area contributed by atoms with Gasteiger partial charge < -0.3 is 10.1 Å². The summed E-state index contributed by atoms with van der Waals surface area (Å²) >= 11 is 0. The molecule has 3 aromatic rings. The number of nitrogens with zero attached hydrogens (tertiary/aromatic N) is 1. The molecule has 0 spiro atoms. The number of halogens is 3. The van der Waals surface area contributed by atoms with Crippen LogP contribution in [-0.2, 0) is 12.7 Å². The maximum absolute atomic E-state index is 13.0. The molecule has 208 valence electrons. The highest BCUT2D eigenvalue weighted by Gasteiger charge is 2.30. The molecule has 39 heavy (non-hydrogen) atoms. The first kappa shape index (κ1) is 28.8. The van der Waals surface area contributed by atoms with Crippen LogP contribution in [0.15, 0.2) is 78.9 Å². The third-order valence-electron chi connectivity index (χ3n) is 7.46. The molecule has 1 saturated heterocycles. The van der Waals surface area contributed by atoms with E-state index < -0.39 is 17.8 Å². The molecule has 0 aromatic heterocycles. The lowest BCUT2D eigenvalue weighted by Crippen LogP contribution is -2.33. The Morgan fingerprint density at radius 3 is 2.26 bits per heavy atom. The van der Waals surface area contributed by atoms with Crippen molar-refractivity contribution in [2.24, 2.45) is 5.92 Å². The summed E-state index contributed by atoms with van der Waals surface area (Å²) in [6.07, 6.45) is -0.533. The molecule has 1 atom stereocenters.